The van der Waals surface area contributed by atoms with E-state index in [1.807, 2.05) is 0 Å². The summed E-state index contributed by atoms with van der Waals surface area (Å²) in [6.45, 7) is -0.223. The van der Waals surface area contributed by atoms with Crippen LogP contribution in [0.3, 0.4) is 0 Å². The first-order valence-corrected chi connectivity index (χ1v) is 8.21. The summed E-state index contributed by atoms with van der Waals surface area (Å²) in [6, 6.07) is 11.9. The number of hydrogen-bond donors (Lipinski definition) is 1. The number of alkyl halides is 3. The van der Waals surface area contributed by atoms with Gasteiger partial charge in [-0.1, -0.05) is 30.3 Å². The lowest BCUT2D eigenvalue weighted by Crippen LogP contribution is -2.41. The molecule has 3 rings (SSSR count). The average Bonchev–Trinajstić information content (AvgIpc) is 2.61. The molecule has 1 heterocycles. The largest absolute Gasteiger partial charge is 0.478 e. The predicted molar refractivity (Wildman–Crippen MR) is 92.0 cm³/mol. The number of halogens is 3. The van der Waals surface area contributed by atoms with Crippen LogP contribution >= 0.6 is 0 Å². The van der Waals surface area contributed by atoms with Crippen molar-refractivity contribution in [2.45, 2.75) is 25.2 Å². The van der Waals surface area contributed by atoms with Gasteiger partial charge in [-0.2, -0.15) is 13.2 Å². The van der Waals surface area contributed by atoms with E-state index in [0.29, 0.717) is 11.4 Å². The Morgan fingerprint density at radius 2 is 1.81 bits per heavy atom. The van der Waals surface area contributed by atoms with E-state index in [1.165, 1.54) is 25.2 Å². The second-order valence-corrected chi connectivity index (χ2v) is 6.20. The van der Waals surface area contributed by atoms with Crippen LogP contribution in [0.4, 0.5) is 18.9 Å². The average molecular weight is 378 g/mol. The van der Waals surface area contributed by atoms with Crippen LogP contribution in [0.5, 0.6) is 5.75 Å². The Hall–Kier alpha value is -3.03. The van der Waals surface area contributed by atoms with E-state index in [-0.39, 0.29) is 18.5 Å². The Morgan fingerprint density at radius 1 is 1.15 bits per heavy atom. The molecule has 2 aromatic rings. The molecule has 1 aliphatic rings. The van der Waals surface area contributed by atoms with Crippen molar-refractivity contribution >= 4 is 17.5 Å². The third kappa shape index (κ3) is 4.21. The number of benzene rings is 2. The van der Waals surface area contributed by atoms with Crippen molar-refractivity contribution in [2.75, 3.05) is 12.4 Å². The fraction of sp³-hybridized carbons (Fsp3) is 0.263. The van der Waals surface area contributed by atoms with Gasteiger partial charge in [0.15, 0.2) is 6.10 Å². The number of anilines is 1. The van der Waals surface area contributed by atoms with E-state index in [0.717, 1.165) is 11.0 Å². The van der Waals surface area contributed by atoms with Crippen molar-refractivity contribution < 1.29 is 27.5 Å². The number of nitrogens with one attached hydrogen (secondary N) is 1. The van der Waals surface area contributed by atoms with Crippen molar-refractivity contribution in [2.24, 2.45) is 0 Å². The van der Waals surface area contributed by atoms with Crippen LogP contribution in [-0.2, 0) is 22.3 Å². The molecular formula is C19H17F3N2O3. The summed E-state index contributed by atoms with van der Waals surface area (Å²) in [7, 11) is 1.39. The molecule has 27 heavy (non-hydrogen) atoms. The smallest absolute Gasteiger partial charge is 0.416 e. The first-order valence-electron chi connectivity index (χ1n) is 8.21. The van der Waals surface area contributed by atoms with Crippen molar-refractivity contribution in [1.29, 1.82) is 0 Å². The van der Waals surface area contributed by atoms with Crippen LogP contribution < -0.4 is 10.1 Å². The molecule has 1 aliphatic heterocycles. The molecule has 142 valence electrons. The summed E-state index contributed by atoms with van der Waals surface area (Å²) in [6.07, 6.45) is -5.81. The molecular weight excluding hydrogens is 361 g/mol. The Bertz CT molecular complexity index is 867. The van der Waals surface area contributed by atoms with Crippen molar-refractivity contribution in [3.8, 4) is 5.75 Å². The SMILES string of the molecule is CN(Cc1ccccc1C(F)(F)F)C(=O)CC1Oc2ccccc2NC1=O. The van der Waals surface area contributed by atoms with Gasteiger partial charge in [-0.25, -0.2) is 0 Å². The van der Waals surface area contributed by atoms with Gasteiger partial charge in [0.2, 0.25) is 5.91 Å². The molecule has 1 atom stereocenters. The normalized spacial score (nSPS) is 16.1. The Balaban J connectivity index is 1.68. The van der Waals surface area contributed by atoms with Crippen LogP contribution in [0.1, 0.15) is 17.5 Å². The molecule has 0 fully saturated rings. The summed E-state index contributed by atoms with van der Waals surface area (Å²) in [5, 5.41) is 2.65. The second-order valence-electron chi connectivity index (χ2n) is 6.20. The first kappa shape index (κ1) is 18.8. The quantitative estimate of drug-likeness (QED) is 0.887. The van der Waals surface area contributed by atoms with Gasteiger partial charge in [0.05, 0.1) is 17.7 Å². The third-order valence-corrected chi connectivity index (χ3v) is 4.22. The van der Waals surface area contributed by atoms with Crippen molar-refractivity contribution in [1.82, 2.24) is 4.90 Å². The first-order chi connectivity index (χ1) is 12.8. The molecule has 2 amide bonds. The lowest BCUT2D eigenvalue weighted by molar-refractivity contribution is -0.140. The van der Waals surface area contributed by atoms with Crippen LogP contribution in [0.2, 0.25) is 0 Å². The minimum absolute atomic E-state index is 0.0137. The van der Waals surface area contributed by atoms with Gasteiger partial charge in [0.1, 0.15) is 5.75 Å². The standard InChI is InChI=1S/C19H17F3N2O3/c1-24(11-12-6-2-3-7-13(12)19(20,21)22)17(25)10-16-18(26)23-14-8-4-5-9-15(14)27-16/h2-9,16H,10-11H2,1H3,(H,23,26). The van der Waals surface area contributed by atoms with E-state index >= 15 is 0 Å². The highest BCUT2D eigenvalue weighted by atomic mass is 19.4. The highest BCUT2D eigenvalue weighted by Gasteiger charge is 2.34. The van der Waals surface area contributed by atoms with E-state index in [2.05, 4.69) is 5.32 Å². The number of amides is 2. The molecule has 0 saturated heterocycles. The molecule has 0 aliphatic carbocycles. The number of para-hydroxylation sites is 2. The molecule has 0 spiro atoms. The van der Waals surface area contributed by atoms with Crippen molar-refractivity contribution in [3.63, 3.8) is 0 Å². The van der Waals surface area contributed by atoms with Crippen LogP contribution in [0.15, 0.2) is 48.5 Å². The van der Waals surface area contributed by atoms with Gasteiger partial charge in [0, 0.05) is 13.6 Å². The zero-order valence-electron chi connectivity index (χ0n) is 14.4. The topological polar surface area (TPSA) is 58.6 Å². The molecule has 0 saturated carbocycles. The Morgan fingerprint density at radius 3 is 2.56 bits per heavy atom. The lowest BCUT2D eigenvalue weighted by atomic mass is 10.1. The number of fused-ring (bicyclic) bond motifs is 1. The summed E-state index contributed by atoms with van der Waals surface area (Å²) < 4.78 is 44.8. The molecule has 1 unspecified atom stereocenters. The monoisotopic (exact) mass is 378 g/mol. The lowest BCUT2D eigenvalue weighted by Gasteiger charge is -2.27. The van der Waals surface area contributed by atoms with Gasteiger partial charge >= 0.3 is 6.18 Å². The van der Waals surface area contributed by atoms with Gasteiger partial charge in [-0.15, -0.1) is 0 Å². The highest BCUT2D eigenvalue weighted by Crippen LogP contribution is 2.33. The van der Waals surface area contributed by atoms with Gasteiger partial charge in [-0.05, 0) is 23.8 Å². The maximum Gasteiger partial charge on any atom is 0.416 e. The minimum Gasteiger partial charge on any atom is -0.478 e. The molecule has 8 heteroatoms. The van der Waals surface area contributed by atoms with E-state index < -0.39 is 29.7 Å². The second kappa shape index (κ2) is 7.30. The summed E-state index contributed by atoms with van der Waals surface area (Å²) in [5.74, 6) is -0.516. The van der Waals surface area contributed by atoms with Gasteiger partial charge < -0.3 is 15.0 Å². The molecule has 1 N–H and O–H groups in total. The number of rotatable bonds is 4. The molecule has 0 radical (unpaired) electrons. The number of carbonyl (C=O) groups is 2. The third-order valence-electron chi connectivity index (χ3n) is 4.22. The van der Waals surface area contributed by atoms with E-state index in [9.17, 15) is 22.8 Å². The number of nitrogens with zero attached hydrogens (tertiary/aromatic N) is 1. The summed E-state index contributed by atoms with van der Waals surface area (Å²) >= 11 is 0. The molecule has 0 bridgehead atoms. The van der Waals surface area contributed by atoms with Gasteiger partial charge in [0.25, 0.3) is 5.91 Å². The molecule has 2 aromatic carbocycles. The van der Waals surface area contributed by atoms with Crippen LogP contribution in [0.25, 0.3) is 0 Å². The number of carbonyl (C=O) groups excluding carboxylic acids is 2. The Kier molecular flexibility index (Phi) is 5.07. The zero-order chi connectivity index (χ0) is 19.6. The minimum atomic E-state index is -4.50. The van der Waals surface area contributed by atoms with Gasteiger partial charge in [-0.3, -0.25) is 9.59 Å². The Labute approximate surface area is 153 Å². The molecule has 5 nitrogen and oxygen atoms in total. The maximum atomic E-state index is 13.1. The van der Waals surface area contributed by atoms with E-state index in [4.69, 9.17) is 4.74 Å². The molecule has 0 aromatic heterocycles. The van der Waals surface area contributed by atoms with E-state index in [1.54, 1.807) is 24.3 Å². The maximum absolute atomic E-state index is 13.1. The number of ether oxygens (including phenoxy) is 1. The summed E-state index contributed by atoms with van der Waals surface area (Å²) in [4.78, 5) is 25.7. The predicted octanol–water partition coefficient (Wildman–Crippen LogP) is 3.45. The zero-order valence-corrected chi connectivity index (χ0v) is 14.4. The fourth-order valence-electron chi connectivity index (χ4n) is 2.82. The van der Waals surface area contributed by atoms with Crippen molar-refractivity contribution in [3.05, 3.63) is 59.7 Å². The van der Waals surface area contributed by atoms with Crippen LogP contribution in [0, 0.1) is 0 Å². The summed E-state index contributed by atoms with van der Waals surface area (Å²) in [5.41, 5.74) is -0.288. The fourth-order valence-corrected chi connectivity index (χ4v) is 2.82. The van der Waals surface area contributed by atoms with Crippen LogP contribution in [-0.4, -0.2) is 29.9 Å². The number of hydrogen-bond acceptors (Lipinski definition) is 3. The highest BCUT2D eigenvalue weighted by molar-refractivity contribution is 5.99.